The first-order valence-electron chi connectivity index (χ1n) is 4.44. The number of nitrogen functional groups attached to an aromatic ring is 4. The van der Waals surface area contributed by atoms with Gasteiger partial charge in [-0.05, 0) is 12.1 Å². The van der Waals surface area contributed by atoms with Crippen LogP contribution < -0.4 is 22.9 Å². The Morgan fingerprint density at radius 2 is 1.31 bits per heavy atom. The van der Waals surface area contributed by atoms with Crippen molar-refractivity contribution in [3.8, 4) is 0 Å². The average Bonchev–Trinajstić information content (AvgIpc) is 2.27. The van der Waals surface area contributed by atoms with E-state index < -0.39 is 11.6 Å². The molecule has 0 bridgehead atoms. The molecule has 0 radical (unpaired) electrons. The largest absolute Gasteiger partial charge is 0.396 e. The normalized spacial score (nSPS) is 10.9. The summed E-state index contributed by atoms with van der Waals surface area (Å²) in [5, 5.41) is 0.118. The smallest absolute Gasteiger partial charge is 0.168 e. The van der Waals surface area contributed by atoms with Gasteiger partial charge in [-0.2, -0.15) is 0 Å². The first kappa shape index (κ1) is 10.3. The molecule has 0 aliphatic rings. The van der Waals surface area contributed by atoms with Gasteiger partial charge in [-0.25, -0.2) is 8.78 Å². The van der Waals surface area contributed by atoms with Gasteiger partial charge in [-0.15, -0.1) is 0 Å². The average molecular weight is 224 g/mol. The minimum absolute atomic E-state index is 0.0329. The Bertz CT molecular complexity index is 595. The van der Waals surface area contributed by atoms with Crippen molar-refractivity contribution >= 4 is 33.5 Å². The summed E-state index contributed by atoms with van der Waals surface area (Å²) in [5.41, 5.74) is 22.4. The van der Waals surface area contributed by atoms with E-state index in [1.807, 2.05) is 0 Å². The first-order valence-corrected chi connectivity index (χ1v) is 4.44. The molecule has 2 aromatic rings. The molecule has 0 atom stereocenters. The minimum Gasteiger partial charge on any atom is -0.396 e. The summed E-state index contributed by atoms with van der Waals surface area (Å²) in [4.78, 5) is 0. The quantitative estimate of drug-likeness (QED) is 0.508. The van der Waals surface area contributed by atoms with Crippen molar-refractivity contribution in [2.45, 2.75) is 0 Å². The minimum atomic E-state index is -1.08. The second kappa shape index (κ2) is 3.13. The molecule has 0 aliphatic heterocycles. The molecule has 0 fully saturated rings. The molecule has 84 valence electrons. The van der Waals surface area contributed by atoms with E-state index in [1.165, 1.54) is 6.07 Å². The third-order valence-corrected chi connectivity index (χ3v) is 2.52. The van der Waals surface area contributed by atoms with E-state index in [2.05, 4.69) is 0 Å². The highest BCUT2D eigenvalue weighted by Crippen LogP contribution is 2.39. The number of rotatable bonds is 0. The van der Waals surface area contributed by atoms with Crippen molar-refractivity contribution < 1.29 is 8.78 Å². The van der Waals surface area contributed by atoms with Gasteiger partial charge in [0, 0.05) is 10.8 Å². The summed E-state index contributed by atoms with van der Waals surface area (Å²) in [6.07, 6.45) is 0. The number of hydrogen-bond acceptors (Lipinski definition) is 4. The zero-order valence-corrected chi connectivity index (χ0v) is 8.22. The molecule has 0 amide bonds. The van der Waals surface area contributed by atoms with E-state index in [0.717, 1.165) is 6.07 Å². The molecule has 0 saturated carbocycles. The fourth-order valence-corrected chi connectivity index (χ4v) is 1.61. The first-order chi connectivity index (χ1) is 7.45. The molecule has 0 aliphatic carbocycles. The number of hydrogen-bond donors (Lipinski definition) is 4. The molecule has 0 unspecified atom stereocenters. The third-order valence-electron chi connectivity index (χ3n) is 2.52. The lowest BCUT2D eigenvalue weighted by atomic mass is 10.0. The molecule has 2 aromatic carbocycles. The van der Waals surface area contributed by atoms with Crippen molar-refractivity contribution in [3.63, 3.8) is 0 Å². The van der Waals surface area contributed by atoms with Crippen LogP contribution in [0.2, 0.25) is 0 Å². The Hall–Kier alpha value is -2.24. The monoisotopic (exact) mass is 224 g/mol. The van der Waals surface area contributed by atoms with Crippen LogP contribution in [0.1, 0.15) is 0 Å². The highest BCUT2D eigenvalue weighted by atomic mass is 19.2. The van der Waals surface area contributed by atoms with Gasteiger partial charge < -0.3 is 22.9 Å². The Balaban J connectivity index is 3.09. The van der Waals surface area contributed by atoms with E-state index in [9.17, 15) is 8.78 Å². The van der Waals surface area contributed by atoms with E-state index in [1.54, 1.807) is 0 Å². The molecular formula is C10H10F2N4. The molecule has 6 heteroatoms. The van der Waals surface area contributed by atoms with E-state index in [-0.39, 0.29) is 33.5 Å². The van der Waals surface area contributed by atoms with Crippen LogP contribution in [0.3, 0.4) is 0 Å². The number of fused-ring (bicyclic) bond motifs is 1. The molecule has 4 nitrogen and oxygen atoms in total. The number of nitrogens with two attached hydrogens (primary N) is 4. The summed E-state index contributed by atoms with van der Waals surface area (Å²) >= 11 is 0. The third kappa shape index (κ3) is 1.13. The van der Waals surface area contributed by atoms with E-state index in [0.29, 0.717) is 0 Å². The van der Waals surface area contributed by atoms with Crippen LogP contribution in [-0.2, 0) is 0 Å². The van der Waals surface area contributed by atoms with Gasteiger partial charge in [0.1, 0.15) is 0 Å². The standard InChI is InChI=1S/C10H10F2N4/c11-4-2-1-3-5(6(4)12)8(14)10(16)9(15)7(3)13/h1-2H,13-16H2. The molecule has 0 heterocycles. The second-order valence-electron chi connectivity index (χ2n) is 3.44. The SMILES string of the molecule is Nc1c(N)c(N)c2c(F)c(F)ccc2c1N. The van der Waals surface area contributed by atoms with Gasteiger partial charge in [-0.3, -0.25) is 0 Å². The van der Waals surface area contributed by atoms with Crippen LogP contribution in [0.15, 0.2) is 12.1 Å². The Morgan fingerprint density at radius 3 is 1.94 bits per heavy atom. The van der Waals surface area contributed by atoms with Gasteiger partial charge >= 0.3 is 0 Å². The van der Waals surface area contributed by atoms with Crippen molar-refractivity contribution in [2.24, 2.45) is 0 Å². The summed E-state index contributed by atoms with van der Waals surface area (Å²) in [7, 11) is 0. The van der Waals surface area contributed by atoms with Crippen molar-refractivity contribution in [3.05, 3.63) is 23.8 Å². The zero-order chi connectivity index (χ0) is 12.0. The molecule has 2 rings (SSSR count). The van der Waals surface area contributed by atoms with Gasteiger partial charge in [0.05, 0.1) is 22.7 Å². The van der Waals surface area contributed by atoms with E-state index >= 15 is 0 Å². The predicted molar refractivity (Wildman–Crippen MR) is 61.5 cm³/mol. The highest BCUT2D eigenvalue weighted by molar-refractivity contribution is 6.11. The van der Waals surface area contributed by atoms with Crippen LogP contribution in [0, 0.1) is 11.6 Å². The van der Waals surface area contributed by atoms with Crippen LogP contribution >= 0.6 is 0 Å². The lowest BCUT2D eigenvalue weighted by molar-refractivity contribution is 0.517. The van der Waals surface area contributed by atoms with Crippen molar-refractivity contribution in [2.75, 3.05) is 22.9 Å². The molecule has 0 aromatic heterocycles. The molecule has 0 saturated heterocycles. The fourth-order valence-electron chi connectivity index (χ4n) is 1.61. The summed E-state index contributed by atoms with van der Waals surface area (Å²) < 4.78 is 26.6. The Kier molecular flexibility index (Phi) is 2.01. The Labute approximate surface area is 89.8 Å². The van der Waals surface area contributed by atoms with Crippen LogP contribution in [0.25, 0.3) is 10.8 Å². The second-order valence-corrected chi connectivity index (χ2v) is 3.44. The zero-order valence-electron chi connectivity index (χ0n) is 8.22. The summed E-state index contributed by atoms with van der Waals surface area (Å²) in [5.74, 6) is -2.09. The van der Waals surface area contributed by atoms with Crippen LogP contribution in [0.4, 0.5) is 31.5 Å². The molecule has 16 heavy (non-hydrogen) atoms. The topological polar surface area (TPSA) is 104 Å². The van der Waals surface area contributed by atoms with Crippen molar-refractivity contribution in [1.29, 1.82) is 0 Å². The number of halogens is 2. The predicted octanol–water partition coefficient (Wildman–Crippen LogP) is 1.45. The van der Waals surface area contributed by atoms with E-state index in [4.69, 9.17) is 22.9 Å². The van der Waals surface area contributed by atoms with Crippen LogP contribution in [-0.4, -0.2) is 0 Å². The molecule has 0 spiro atoms. The maximum Gasteiger partial charge on any atom is 0.168 e. The summed E-state index contributed by atoms with van der Waals surface area (Å²) in [6.45, 7) is 0. The highest BCUT2D eigenvalue weighted by Gasteiger charge is 2.17. The number of anilines is 4. The summed E-state index contributed by atoms with van der Waals surface area (Å²) in [6, 6.07) is 2.28. The lowest BCUT2D eigenvalue weighted by Crippen LogP contribution is -2.06. The van der Waals surface area contributed by atoms with Gasteiger partial charge in [-0.1, -0.05) is 0 Å². The molecular weight excluding hydrogens is 214 g/mol. The van der Waals surface area contributed by atoms with Gasteiger partial charge in [0.25, 0.3) is 0 Å². The maximum atomic E-state index is 13.5. The van der Waals surface area contributed by atoms with Crippen molar-refractivity contribution in [1.82, 2.24) is 0 Å². The van der Waals surface area contributed by atoms with Gasteiger partial charge in [0.15, 0.2) is 11.6 Å². The molecule has 8 N–H and O–H groups in total. The number of benzene rings is 2. The Morgan fingerprint density at radius 1 is 0.750 bits per heavy atom. The lowest BCUT2D eigenvalue weighted by Gasteiger charge is -2.13. The fraction of sp³-hybridized carbons (Fsp3) is 0. The van der Waals surface area contributed by atoms with Gasteiger partial charge in [0.2, 0.25) is 0 Å². The maximum absolute atomic E-state index is 13.5. The van der Waals surface area contributed by atoms with Crippen LogP contribution in [0.5, 0.6) is 0 Å².